The maximum atomic E-state index is 12.4. The third kappa shape index (κ3) is 4.64. The zero-order valence-corrected chi connectivity index (χ0v) is 19.3. The number of carbonyl (C=O) groups excluding carboxylic acids is 1. The molecule has 2 aliphatic heterocycles. The first kappa shape index (κ1) is 21.9. The van der Waals surface area contributed by atoms with Crippen LogP contribution in [-0.2, 0) is 13.0 Å². The minimum Gasteiger partial charge on any atom is -0.368 e. The number of aromatic nitrogens is 2. The van der Waals surface area contributed by atoms with E-state index in [1.165, 1.54) is 11.3 Å². The number of nitrogens with zero attached hydrogens (tertiary/aromatic N) is 6. The Bertz CT molecular complexity index is 965. The largest absolute Gasteiger partial charge is 0.368 e. The molecule has 1 aromatic heterocycles. The lowest BCUT2D eigenvalue weighted by Gasteiger charge is -2.37. The lowest BCUT2D eigenvalue weighted by Crippen LogP contribution is -2.47. The zero-order chi connectivity index (χ0) is 22.7. The SMILES string of the molecule is C=CCNC(=O)N1CCc2nc(N3CCN(c4ccc(C)cc4)CC3)nc(N(C)C)c2C1. The summed E-state index contributed by atoms with van der Waals surface area (Å²) in [5.74, 6) is 1.69. The molecule has 0 atom stereocenters. The van der Waals surface area contributed by atoms with Crippen LogP contribution >= 0.6 is 0 Å². The van der Waals surface area contributed by atoms with Crippen LogP contribution < -0.4 is 20.0 Å². The van der Waals surface area contributed by atoms with Gasteiger partial charge in [0.05, 0.1) is 12.2 Å². The van der Waals surface area contributed by atoms with Crippen molar-refractivity contribution in [2.75, 3.05) is 68.1 Å². The maximum absolute atomic E-state index is 12.4. The van der Waals surface area contributed by atoms with Crippen LogP contribution in [0.3, 0.4) is 0 Å². The highest BCUT2D eigenvalue weighted by Gasteiger charge is 2.28. The Morgan fingerprint density at radius 2 is 1.78 bits per heavy atom. The van der Waals surface area contributed by atoms with Gasteiger partial charge in [0.25, 0.3) is 0 Å². The van der Waals surface area contributed by atoms with Gasteiger partial charge in [0.1, 0.15) is 5.82 Å². The molecule has 8 heteroatoms. The Labute approximate surface area is 190 Å². The van der Waals surface area contributed by atoms with Gasteiger partial charge in [0, 0.05) is 71.0 Å². The Balaban J connectivity index is 1.49. The summed E-state index contributed by atoms with van der Waals surface area (Å²) in [5.41, 5.74) is 4.64. The van der Waals surface area contributed by atoms with Crippen LogP contribution in [0.2, 0.25) is 0 Å². The first-order valence-electron chi connectivity index (χ1n) is 11.2. The van der Waals surface area contributed by atoms with Gasteiger partial charge in [0.15, 0.2) is 0 Å². The van der Waals surface area contributed by atoms with Crippen molar-refractivity contribution in [2.24, 2.45) is 0 Å². The van der Waals surface area contributed by atoms with E-state index in [4.69, 9.17) is 9.97 Å². The van der Waals surface area contributed by atoms with Crippen molar-refractivity contribution in [1.82, 2.24) is 20.2 Å². The molecule has 2 aromatic rings. The van der Waals surface area contributed by atoms with Gasteiger partial charge in [-0.1, -0.05) is 23.8 Å². The van der Waals surface area contributed by atoms with Crippen LogP contribution in [0.4, 0.5) is 22.2 Å². The van der Waals surface area contributed by atoms with Gasteiger partial charge in [0.2, 0.25) is 5.95 Å². The summed E-state index contributed by atoms with van der Waals surface area (Å²) < 4.78 is 0. The number of amides is 2. The van der Waals surface area contributed by atoms with E-state index in [2.05, 4.69) is 52.9 Å². The molecular weight excluding hydrogens is 402 g/mol. The van der Waals surface area contributed by atoms with Gasteiger partial charge >= 0.3 is 6.03 Å². The highest BCUT2D eigenvalue weighted by molar-refractivity contribution is 5.75. The van der Waals surface area contributed by atoms with Gasteiger partial charge in [-0.3, -0.25) is 0 Å². The molecule has 0 saturated carbocycles. The highest BCUT2D eigenvalue weighted by atomic mass is 16.2. The first-order chi connectivity index (χ1) is 15.5. The van der Waals surface area contributed by atoms with Crippen molar-refractivity contribution in [3.63, 3.8) is 0 Å². The lowest BCUT2D eigenvalue weighted by atomic mass is 10.1. The van der Waals surface area contributed by atoms with E-state index in [9.17, 15) is 4.79 Å². The first-order valence-corrected chi connectivity index (χ1v) is 11.2. The average Bonchev–Trinajstić information content (AvgIpc) is 2.82. The molecule has 1 fully saturated rings. The quantitative estimate of drug-likeness (QED) is 0.728. The third-order valence-electron chi connectivity index (χ3n) is 6.10. The summed E-state index contributed by atoms with van der Waals surface area (Å²) in [6.07, 6.45) is 2.42. The summed E-state index contributed by atoms with van der Waals surface area (Å²) in [6.45, 7) is 11.1. The van der Waals surface area contributed by atoms with Crippen LogP contribution in [0, 0.1) is 6.92 Å². The van der Waals surface area contributed by atoms with E-state index in [1.807, 2.05) is 23.9 Å². The minimum absolute atomic E-state index is 0.0726. The molecule has 4 rings (SSSR count). The molecule has 0 bridgehead atoms. The van der Waals surface area contributed by atoms with Gasteiger partial charge in [-0.15, -0.1) is 6.58 Å². The topological polar surface area (TPSA) is 67.8 Å². The summed E-state index contributed by atoms with van der Waals surface area (Å²) >= 11 is 0. The smallest absolute Gasteiger partial charge is 0.317 e. The Kier molecular flexibility index (Phi) is 6.48. The zero-order valence-electron chi connectivity index (χ0n) is 19.3. The van der Waals surface area contributed by atoms with Crippen molar-refractivity contribution in [2.45, 2.75) is 19.9 Å². The Hall–Kier alpha value is -3.29. The van der Waals surface area contributed by atoms with Gasteiger partial charge < -0.3 is 24.9 Å². The standard InChI is InChI=1S/C24H33N7O/c1-5-11-25-24(32)31-12-10-21-20(17-31)22(28(3)4)27-23(26-21)30-15-13-29(14-16-30)19-8-6-18(2)7-9-19/h5-9H,1,10-17H2,2-4H3,(H,25,32). The van der Waals surface area contributed by atoms with Crippen molar-refractivity contribution in [3.05, 3.63) is 53.7 Å². The van der Waals surface area contributed by atoms with E-state index in [0.29, 0.717) is 19.6 Å². The molecule has 170 valence electrons. The molecule has 3 heterocycles. The van der Waals surface area contributed by atoms with Crippen LogP contribution in [0.15, 0.2) is 36.9 Å². The molecule has 2 amide bonds. The minimum atomic E-state index is -0.0726. The second-order valence-electron chi connectivity index (χ2n) is 8.62. The van der Waals surface area contributed by atoms with Crippen LogP contribution in [0.25, 0.3) is 0 Å². The number of rotatable bonds is 5. The number of hydrogen-bond donors (Lipinski definition) is 1. The van der Waals surface area contributed by atoms with Gasteiger partial charge in [-0.2, -0.15) is 4.98 Å². The van der Waals surface area contributed by atoms with E-state index in [-0.39, 0.29) is 6.03 Å². The molecule has 0 radical (unpaired) electrons. The number of nitrogens with one attached hydrogen (secondary N) is 1. The number of benzene rings is 1. The fraction of sp³-hybridized carbons (Fsp3) is 0.458. The second-order valence-corrected chi connectivity index (χ2v) is 8.62. The Morgan fingerprint density at radius 3 is 2.44 bits per heavy atom. The molecule has 0 unspecified atom stereocenters. The number of piperazine rings is 1. The van der Waals surface area contributed by atoms with Crippen molar-refractivity contribution in [1.29, 1.82) is 0 Å². The maximum Gasteiger partial charge on any atom is 0.317 e. The fourth-order valence-corrected chi connectivity index (χ4v) is 4.26. The molecule has 0 spiro atoms. The van der Waals surface area contributed by atoms with Crippen molar-refractivity contribution >= 4 is 23.5 Å². The van der Waals surface area contributed by atoms with E-state index in [0.717, 1.165) is 55.6 Å². The summed E-state index contributed by atoms with van der Waals surface area (Å²) in [6, 6.07) is 8.65. The Morgan fingerprint density at radius 1 is 1.09 bits per heavy atom. The summed E-state index contributed by atoms with van der Waals surface area (Å²) in [5, 5.41) is 2.87. The fourth-order valence-electron chi connectivity index (χ4n) is 4.26. The van der Waals surface area contributed by atoms with Crippen molar-refractivity contribution < 1.29 is 4.79 Å². The molecule has 1 saturated heterocycles. The monoisotopic (exact) mass is 435 g/mol. The molecule has 8 nitrogen and oxygen atoms in total. The highest BCUT2D eigenvalue weighted by Crippen LogP contribution is 2.29. The third-order valence-corrected chi connectivity index (χ3v) is 6.10. The predicted octanol–water partition coefficient (Wildman–Crippen LogP) is 2.43. The molecule has 32 heavy (non-hydrogen) atoms. The molecule has 2 aliphatic rings. The van der Waals surface area contributed by atoms with Crippen LogP contribution in [0.5, 0.6) is 0 Å². The van der Waals surface area contributed by atoms with Crippen LogP contribution in [-0.4, -0.2) is 74.3 Å². The van der Waals surface area contributed by atoms with E-state index >= 15 is 0 Å². The van der Waals surface area contributed by atoms with E-state index < -0.39 is 0 Å². The lowest BCUT2D eigenvalue weighted by molar-refractivity contribution is 0.193. The molecular formula is C24H33N7O. The number of fused-ring (bicyclic) bond motifs is 1. The molecule has 1 aromatic carbocycles. The average molecular weight is 436 g/mol. The predicted molar refractivity (Wildman–Crippen MR) is 130 cm³/mol. The van der Waals surface area contributed by atoms with Gasteiger partial charge in [-0.05, 0) is 19.1 Å². The van der Waals surface area contributed by atoms with Gasteiger partial charge in [-0.25, -0.2) is 9.78 Å². The number of hydrogen-bond acceptors (Lipinski definition) is 6. The van der Waals surface area contributed by atoms with Crippen LogP contribution in [0.1, 0.15) is 16.8 Å². The summed E-state index contributed by atoms with van der Waals surface area (Å²) in [4.78, 5) is 30.8. The number of anilines is 3. The van der Waals surface area contributed by atoms with E-state index in [1.54, 1.807) is 6.08 Å². The number of carbonyl (C=O) groups is 1. The second kappa shape index (κ2) is 9.46. The van der Waals surface area contributed by atoms with Crippen molar-refractivity contribution in [3.8, 4) is 0 Å². The normalized spacial score (nSPS) is 15.9. The number of aryl methyl sites for hydroxylation is 1. The molecule has 1 N–H and O–H groups in total. The molecule has 0 aliphatic carbocycles. The summed E-state index contributed by atoms with van der Waals surface area (Å²) in [7, 11) is 4.00. The number of urea groups is 1.